The van der Waals surface area contributed by atoms with Gasteiger partial charge in [-0.25, -0.2) is 0 Å². The lowest BCUT2D eigenvalue weighted by Gasteiger charge is -2.28. The van der Waals surface area contributed by atoms with Gasteiger partial charge in [0.2, 0.25) is 0 Å². The molecule has 9 heteroatoms. The highest BCUT2D eigenvalue weighted by Crippen LogP contribution is 2.46. The Kier molecular flexibility index (Phi) is 8.82. The number of hydrogen-bond acceptors (Lipinski definition) is 8. The summed E-state index contributed by atoms with van der Waals surface area (Å²) in [5, 5.41) is 11.5. The molecule has 1 unspecified atom stereocenters. The zero-order chi connectivity index (χ0) is 26.4. The maximum atomic E-state index is 13.4. The van der Waals surface area contributed by atoms with Gasteiger partial charge in [0.05, 0.1) is 44.6 Å². The van der Waals surface area contributed by atoms with Crippen molar-refractivity contribution >= 4 is 17.4 Å². The molecule has 194 valence electrons. The van der Waals surface area contributed by atoms with Gasteiger partial charge < -0.3 is 33.9 Å². The molecule has 36 heavy (non-hydrogen) atoms. The molecule has 0 saturated carbocycles. The van der Waals surface area contributed by atoms with Crippen LogP contribution in [0.25, 0.3) is 5.76 Å². The first-order valence-electron chi connectivity index (χ1n) is 11.8. The number of aliphatic hydroxyl groups excluding tert-OH is 1. The normalized spacial score (nSPS) is 17.0. The molecule has 9 nitrogen and oxygen atoms in total. The number of methoxy groups -OCH3 is 2. The van der Waals surface area contributed by atoms with E-state index in [0.717, 1.165) is 0 Å². The molecule has 1 heterocycles. The molecule has 0 bridgehead atoms. The van der Waals surface area contributed by atoms with Crippen LogP contribution in [0, 0.1) is 0 Å². The van der Waals surface area contributed by atoms with E-state index >= 15 is 0 Å². The number of hydrogen-bond donors (Lipinski definition) is 1. The number of ketones is 1. The van der Waals surface area contributed by atoms with E-state index in [9.17, 15) is 14.7 Å². The maximum absolute atomic E-state index is 13.4. The molecule has 0 radical (unpaired) electrons. The Labute approximate surface area is 211 Å². The molecule has 1 atom stereocenters. The predicted molar refractivity (Wildman–Crippen MR) is 136 cm³/mol. The molecule has 1 fully saturated rings. The molecular formula is C27H34N2O7. The van der Waals surface area contributed by atoms with Crippen molar-refractivity contribution in [2.24, 2.45) is 0 Å². The van der Waals surface area contributed by atoms with Crippen LogP contribution < -0.4 is 18.9 Å². The van der Waals surface area contributed by atoms with Crippen LogP contribution in [0.2, 0.25) is 0 Å². The molecular weight excluding hydrogens is 464 g/mol. The number of carbonyl (C=O) groups is 2. The average Bonchev–Trinajstić information content (AvgIpc) is 3.11. The third-order valence-electron chi connectivity index (χ3n) is 5.88. The largest absolute Gasteiger partial charge is 0.507 e. The molecule has 2 aromatic rings. The lowest BCUT2D eigenvalue weighted by Crippen LogP contribution is -2.35. The minimum Gasteiger partial charge on any atom is -0.507 e. The van der Waals surface area contributed by atoms with Crippen molar-refractivity contribution in [2.75, 3.05) is 54.6 Å². The van der Waals surface area contributed by atoms with Gasteiger partial charge in [0, 0.05) is 24.7 Å². The van der Waals surface area contributed by atoms with Gasteiger partial charge in [0.25, 0.3) is 11.7 Å². The Hall–Kier alpha value is -3.72. The van der Waals surface area contributed by atoms with Crippen molar-refractivity contribution < 1.29 is 33.6 Å². The van der Waals surface area contributed by atoms with E-state index in [-0.39, 0.29) is 23.4 Å². The van der Waals surface area contributed by atoms with E-state index in [1.807, 2.05) is 32.8 Å². The Bertz CT molecular complexity index is 1140. The number of rotatable bonds is 11. The van der Waals surface area contributed by atoms with E-state index in [0.29, 0.717) is 48.3 Å². The smallest absolute Gasteiger partial charge is 0.295 e. The summed E-state index contributed by atoms with van der Waals surface area (Å²) in [7, 11) is 6.77. The molecule has 2 aromatic carbocycles. The predicted octanol–water partition coefficient (Wildman–Crippen LogP) is 3.48. The number of aliphatic hydroxyl groups is 1. The molecule has 0 aromatic heterocycles. The monoisotopic (exact) mass is 498 g/mol. The SMILES string of the molecule is CCOc1ccc(/C(O)=C2\C(=O)C(=O)N(CCN(C)C)C2c2cccc(OC)c2OC)c(OCC)c1. The number of para-hydroxylation sites is 1. The van der Waals surface area contributed by atoms with E-state index < -0.39 is 17.7 Å². The summed E-state index contributed by atoms with van der Waals surface area (Å²) in [6.07, 6.45) is 0. The van der Waals surface area contributed by atoms with E-state index in [4.69, 9.17) is 18.9 Å². The van der Waals surface area contributed by atoms with Gasteiger partial charge in [0.15, 0.2) is 11.5 Å². The van der Waals surface area contributed by atoms with Gasteiger partial charge in [-0.1, -0.05) is 12.1 Å². The molecule has 0 spiro atoms. The van der Waals surface area contributed by atoms with Crippen molar-refractivity contribution in [3.63, 3.8) is 0 Å². The van der Waals surface area contributed by atoms with Gasteiger partial charge in [0.1, 0.15) is 17.3 Å². The Balaban J connectivity index is 2.27. The Morgan fingerprint density at radius 1 is 1.00 bits per heavy atom. The summed E-state index contributed by atoms with van der Waals surface area (Å²) in [4.78, 5) is 30.0. The van der Waals surface area contributed by atoms with Crippen LogP contribution in [-0.4, -0.2) is 81.2 Å². The Morgan fingerprint density at radius 2 is 1.72 bits per heavy atom. The first kappa shape index (κ1) is 26.9. The number of Topliss-reactive ketones (excluding diaryl/α,β-unsaturated/α-hetero) is 1. The van der Waals surface area contributed by atoms with Crippen molar-refractivity contribution in [3.05, 3.63) is 53.1 Å². The highest BCUT2D eigenvalue weighted by Gasteiger charge is 2.47. The summed E-state index contributed by atoms with van der Waals surface area (Å²) in [5.41, 5.74) is 0.772. The van der Waals surface area contributed by atoms with E-state index in [1.54, 1.807) is 36.4 Å². The minimum absolute atomic E-state index is 0.0459. The molecule has 1 N–H and O–H groups in total. The lowest BCUT2D eigenvalue weighted by molar-refractivity contribution is -0.140. The van der Waals surface area contributed by atoms with Gasteiger partial charge in [-0.3, -0.25) is 9.59 Å². The molecule has 1 amide bonds. The van der Waals surface area contributed by atoms with Gasteiger partial charge in [-0.05, 0) is 46.1 Å². The number of likely N-dealkylation sites (tertiary alicyclic amines) is 1. The van der Waals surface area contributed by atoms with Crippen molar-refractivity contribution in [2.45, 2.75) is 19.9 Å². The standard InChI is InChI=1S/C27H34N2O7/c1-7-35-17-12-13-18(21(16-17)36-8-2)24(30)22-23(19-10-9-11-20(33-5)26(19)34-6)29(15-14-28(3)4)27(32)25(22)31/h9-13,16,23,30H,7-8,14-15H2,1-6H3/b24-22+. The van der Waals surface area contributed by atoms with Crippen LogP contribution in [0.1, 0.15) is 31.0 Å². The molecule has 0 aliphatic carbocycles. The second-order valence-corrected chi connectivity index (χ2v) is 8.40. The number of likely N-dealkylation sites (N-methyl/N-ethyl adjacent to an activating group) is 1. The third kappa shape index (κ3) is 5.26. The lowest BCUT2D eigenvalue weighted by atomic mass is 9.94. The summed E-state index contributed by atoms with van der Waals surface area (Å²) in [6, 6.07) is 9.32. The van der Waals surface area contributed by atoms with Gasteiger partial charge in [-0.2, -0.15) is 0 Å². The highest BCUT2D eigenvalue weighted by atomic mass is 16.5. The first-order chi connectivity index (χ1) is 17.3. The van der Waals surface area contributed by atoms with Crippen LogP contribution in [0.4, 0.5) is 0 Å². The average molecular weight is 499 g/mol. The third-order valence-corrected chi connectivity index (χ3v) is 5.88. The first-order valence-corrected chi connectivity index (χ1v) is 11.8. The summed E-state index contributed by atoms with van der Waals surface area (Å²) < 4.78 is 22.4. The highest BCUT2D eigenvalue weighted by molar-refractivity contribution is 6.46. The molecule has 1 saturated heterocycles. The number of carbonyl (C=O) groups excluding carboxylic acids is 2. The summed E-state index contributed by atoms with van der Waals surface area (Å²) >= 11 is 0. The fraction of sp³-hybridized carbons (Fsp3) is 0.407. The minimum atomic E-state index is -0.893. The summed E-state index contributed by atoms with van der Waals surface area (Å²) in [5.74, 6) is -0.0721. The zero-order valence-electron chi connectivity index (χ0n) is 21.7. The van der Waals surface area contributed by atoms with Crippen molar-refractivity contribution in [1.82, 2.24) is 9.80 Å². The molecule has 3 rings (SSSR count). The maximum Gasteiger partial charge on any atom is 0.295 e. The van der Waals surface area contributed by atoms with Crippen molar-refractivity contribution in [3.8, 4) is 23.0 Å². The fourth-order valence-electron chi connectivity index (χ4n) is 4.24. The number of ether oxygens (including phenoxy) is 4. The number of nitrogens with zero attached hydrogens (tertiary/aromatic N) is 2. The molecule has 1 aliphatic rings. The summed E-state index contributed by atoms with van der Waals surface area (Å²) in [6.45, 7) is 5.26. The van der Waals surface area contributed by atoms with Gasteiger partial charge in [-0.15, -0.1) is 0 Å². The number of amides is 1. The van der Waals surface area contributed by atoms with E-state index in [2.05, 4.69) is 0 Å². The van der Waals surface area contributed by atoms with Crippen molar-refractivity contribution in [1.29, 1.82) is 0 Å². The Morgan fingerprint density at radius 3 is 2.33 bits per heavy atom. The van der Waals surface area contributed by atoms with Crippen LogP contribution in [0.15, 0.2) is 42.0 Å². The van der Waals surface area contributed by atoms with Crippen LogP contribution in [0.3, 0.4) is 0 Å². The zero-order valence-corrected chi connectivity index (χ0v) is 21.7. The quantitative estimate of drug-likeness (QED) is 0.286. The second kappa shape index (κ2) is 11.8. The van der Waals surface area contributed by atoms with Crippen LogP contribution in [0.5, 0.6) is 23.0 Å². The van der Waals surface area contributed by atoms with Crippen LogP contribution in [-0.2, 0) is 9.59 Å². The van der Waals surface area contributed by atoms with Crippen LogP contribution >= 0.6 is 0 Å². The van der Waals surface area contributed by atoms with E-state index in [1.165, 1.54) is 19.1 Å². The van der Waals surface area contributed by atoms with Gasteiger partial charge >= 0.3 is 0 Å². The molecule has 1 aliphatic heterocycles. The second-order valence-electron chi connectivity index (χ2n) is 8.40. The fourth-order valence-corrected chi connectivity index (χ4v) is 4.24. The number of benzene rings is 2. The topological polar surface area (TPSA) is 97.8 Å².